The summed E-state index contributed by atoms with van der Waals surface area (Å²) in [6.07, 6.45) is 6.90. The van der Waals surface area contributed by atoms with Crippen LogP contribution in [-0.2, 0) is 11.2 Å². The predicted molar refractivity (Wildman–Crippen MR) is 118 cm³/mol. The minimum atomic E-state index is -0.497. The number of nitrogens with one attached hydrogen (secondary N) is 1. The maximum absolute atomic E-state index is 12.6. The lowest BCUT2D eigenvalue weighted by Crippen LogP contribution is -2.34. The first-order chi connectivity index (χ1) is 15.0. The molecule has 31 heavy (non-hydrogen) atoms. The molecule has 1 aliphatic carbocycles. The molecule has 0 unspecified atom stereocenters. The number of aromatic nitrogens is 4. The zero-order chi connectivity index (χ0) is 21.6. The number of ether oxygens (including phenoxy) is 2. The number of hydrogen-bond acceptors (Lipinski definition) is 7. The third-order valence-corrected chi connectivity index (χ3v) is 6.54. The molecule has 8 nitrogen and oxygen atoms in total. The first-order valence-electron chi connectivity index (χ1n) is 10.6. The van der Waals surface area contributed by atoms with Crippen molar-refractivity contribution in [3.8, 4) is 11.5 Å². The molecule has 1 aromatic carbocycles. The molecule has 1 saturated carbocycles. The van der Waals surface area contributed by atoms with E-state index in [9.17, 15) is 4.79 Å². The zero-order valence-corrected chi connectivity index (χ0v) is 18.7. The molecule has 3 aromatic rings. The van der Waals surface area contributed by atoms with E-state index in [1.54, 1.807) is 4.52 Å². The number of thioether (sulfide) groups is 1. The highest BCUT2D eigenvalue weighted by Gasteiger charge is 2.44. The standard InChI is InChI=1S/C22H25N5O3S/c1-13-16(14(2)27-20(23-13)25-21(26-27)31-3)7-9-19(28)24-15-6-8-17-18(12-15)30-22(29-17)10-4-5-11-22/h6,8,12H,4-5,7,9-11H2,1-3H3,(H,24,28). The molecule has 0 bridgehead atoms. The van der Waals surface area contributed by atoms with Crippen molar-refractivity contribution in [3.63, 3.8) is 0 Å². The minimum absolute atomic E-state index is 0.0586. The second-order valence-corrected chi connectivity index (χ2v) is 8.88. The summed E-state index contributed by atoms with van der Waals surface area (Å²) in [4.78, 5) is 21.6. The Morgan fingerprint density at radius 3 is 2.74 bits per heavy atom. The quantitative estimate of drug-likeness (QED) is 0.599. The number of carbonyl (C=O) groups is 1. The summed E-state index contributed by atoms with van der Waals surface area (Å²) in [5.74, 6) is 1.49. The molecule has 1 aliphatic heterocycles. The number of fused-ring (bicyclic) bond motifs is 2. The van der Waals surface area contributed by atoms with E-state index >= 15 is 0 Å². The van der Waals surface area contributed by atoms with Crippen LogP contribution in [-0.4, -0.2) is 37.5 Å². The van der Waals surface area contributed by atoms with Crippen LogP contribution in [0, 0.1) is 13.8 Å². The number of nitrogens with zero attached hydrogens (tertiary/aromatic N) is 4. The summed E-state index contributed by atoms with van der Waals surface area (Å²) in [7, 11) is 0. The van der Waals surface area contributed by atoms with E-state index in [0.29, 0.717) is 35.2 Å². The highest BCUT2D eigenvalue weighted by atomic mass is 32.2. The van der Waals surface area contributed by atoms with Gasteiger partial charge < -0.3 is 14.8 Å². The third kappa shape index (κ3) is 3.71. The van der Waals surface area contributed by atoms with Gasteiger partial charge in [-0.3, -0.25) is 4.79 Å². The average molecular weight is 440 g/mol. The van der Waals surface area contributed by atoms with E-state index in [1.807, 2.05) is 38.3 Å². The zero-order valence-electron chi connectivity index (χ0n) is 17.9. The Bertz CT molecular complexity index is 1170. The fraction of sp³-hybridized carbons (Fsp3) is 0.455. The van der Waals surface area contributed by atoms with E-state index in [2.05, 4.69) is 20.4 Å². The normalized spacial score (nSPS) is 16.4. The summed E-state index contributed by atoms with van der Waals surface area (Å²) in [6.45, 7) is 3.94. The van der Waals surface area contributed by atoms with Crippen LogP contribution in [0.15, 0.2) is 23.4 Å². The highest BCUT2D eigenvalue weighted by molar-refractivity contribution is 7.98. The number of benzene rings is 1. The number of anilines is 1. The lowest BCUT2D eigenvalue weighted by molar-refractivity contribution is -0.116. The van der Waals surface area contributed by atoms with Crippen molar-refractivity contribution in [2.75, 3.05) is 11.6 Å². The van der Waals surface area contributed by atoms with Gasteiger partial charge in [-0.2, -0.15) is 4.98 Å². The smallest absolute Gasteiger partial charge is 0.253 e. The number of amides is 1. The Balaban J connectivity index is 1.26. The second-order valence-electron chi connectivity index (χ2n) is 8.10. The summed E-state index contributed by atoms with van der Waals surface area (Å²) >= 11 is 1.48. The predicted octanol–water partition coefficient (Wildman–Crippen LogP) is 4.08. The van der Waals surface area contributed by atoms with Gasteiger partial charge in [0, 0.05) is 42.4 Å². The van der Waals surface area contributed by atoms with Crippen molar-refractivity contribution < 1.29 is 14.3 Å². The molecule has 1 spiro atoms. The van der Waals surface area contributed by atoms with Gasteiger partial charge in [-0.05, 0) is 57.1 Å². The van der Waals surface area contributed by atoms with Crippen LogP contribution in [0.4, 0.5) is 5.69 Å². The topological polar surface area (TPSA) is 90.6 Å². The van der Waals surface area contributed by atoms with Crippen molar-refractivity contribution in [3.05, 3.63) is 35.2 Å². The summed E-state index contributed by atoms with van der Waals surface area (Å²) in [6, 6.07) is 5.58. The lowest BCUT2D eigenvalue weighted by Gasteiger charge is -2.21. The van der Waals surface area contributed by atoms with Gasteiger partial charge in [-0.1, -0.05) is 11.8 Å². The molecule has 9 heteroatoms. The van der Waals surface area contributed by atoms with Gasteiger partial charge >= 0.3 is 0 Å². The SMILES string of the molecule is CSc1nc2nc(C)c(CCC(=O)Nc3ccc4c(c3)OC3(CCCC3)O4)c(C)n2n1. The monoisotopic (exact) mass is 439 g/mol. The highest BCUT2D eigenvalue weighted by Crippen LogP contribution is 2.47. The maximum Gasteiger partial charge on any atom is 0.253 e. The van der Waals surface area contributed by atoms with Crippen LogP contribution >= 0.6 is 11.8 Å². The molecule has 1 N–H and O–H groups in total. The van der Waals surface area contributed by atoms with Gasteiger partial charge in [0.25, 0.3) is 11.6 Å². The van der Waals surface area contributed by atoms with E-state index in [-0.39, 0.29) is 5.91 Å². The summed E-state index contributed by atoms with van der Waals surface area (Å²) in [5.41, 5.74) is 3.58. The van der Waals surface area contributed by atoms with Crippen molar-refractivity contribution in [2.24, 2.45) is 0 Å². The van der Waals surface area contributed by atoms with Gasteiger partial charge in [0.2, 0.25) is 11.1 Å². The van der Waals surface area contributed by atoms with Crippen molar-refractivity contribution >= 4 is 29.1 Å². The molecule has 162 valence electrons. The number of hydrogen-bond donors (Lipinski definition) is 1. The van der Waals surface area contributed by atoms with Gasteiger partial charge in [0.05, 0.1) is 0 Å². The molecule has 1 fully saturated rings. The van der Waals surface area contributed by atoms with Gasteiger partial charge in [-0.15, -0.1) is 5.10 Å². The van der Waals surface area contributed by atoms with Crippen LogP contribution in [0.25, 0.3) is 5.78 Å². The summed E-state index contributed by atoms with van der Waals surface area (Å²) < 4.78 is 13.9. The first kappa shape index (κ1) is 20.1. The molecule has 3 heterocycles. The fourth-order valence-electron chi connectivity index (χ4n) is 4.39. The molecule has 0 radical (unpaired) electrons. The number of aryl methyl sites for hydroxylation is 2. The van der Waals surface area contributed by atoms with Crippen LogP contribution in [0.5, 0.6) is 11.5 Å². The van der Waals surface area contributed by atoms with Crippen LogP contribution in [0.2, 0.25) is 0 Å². The van der Waals surface area contributed by atoms with Crippen molar-refractivity contribution in [1.82, 2.24) is 19.6 Å². The largest absolute Gasteiger partial charge is 0.448 e. The van der Waals surface area contributed by atoms with Crippen LogP contribution < -0.4 is 14.8 Å². The van der Waals surface area contributed by atoms with Gasteiger partial charge in [0.15, 0.2) is 11.5 Å². The number of rotatable bonds is 5. The fourth-order valence-corrected chi connectivity index (χ4v) is 4.73. The molecular formula is C22H25N5O3S. The minimum Gasteiger partial charge on any atom is -0.448 e. The van der Waals surface area contributed by atoms with E-state index in [1.165, 1.54) is 11.8 Å². The van der Waals surface area contributed by atoms with Gasteiger partial charge in [0.1, 0.15) is 0 Å². The molecular weight excluding hydrogens is 414 g/mol. The van der Waals surface area contributed by atoms with Crippen molar-refractivity contribution in [2.45, 2.75) is 63.3 Å². The molecule has 1 amide bonds. The molecule has 5 rings (SSSR count). The Morgan fingerprint density at radius 2 is 1.97 bits per heavy atom. The molecule has 0 atom stereocenters. The van der Waals surface area contributed by atoms with Gasteiger partial charge in [-0.25, -0.2) is 9.50 Å². The number of carbonyl (C=O) groups excluding carboxylic acids is 1. The van der Waals surface area contributed by atoms with Crippen molar-refractivity contribution in [1.29, 1.82) is 0 Å². The van der Waals surface area contributed by atoms with E-state index < -0.39 is 5.79 Å². The lowest BCUT2D eigenvalue weighted by atomic mass is 10.1. The Hall–Kier alpha value is -2.81. The van der Waals surface area contributed by atoms with E-state index in [0.717, 1.165) is 48.4 Å². The molecule has 0 saturated heterocycles. The molecule has 2 aliphatic rings. The van der Waals surface area contributed by atoms with Crippen LogP contribution in [0.1, 0.15) is 49.1 Å². The van der Waals surface area contributed by atoms with Crippen LogP contribution in [0.3, 0.4) is 0 Å². The second kappa shape index (κ2) is 7.71. The summed E-state index contributed by atoms with van der Waals surface area (Å²) in [5, 5.41) is 8.13. The third-order valence-electron chi connectivity index (χ3n) is 6.00. The maximum atomic E-state index is 12.6. The Morgan fingerprint density at radius 1 is 1.19 bits per heavy atom. The Labute approximate surface area is 184 Å². The Kier molecular flexibility index (Phi) is 5.00. The average Bonchev–Trinajstić information content (AvgIpc) is 3.45. The first-order valence-corrected chi connectivity index (χ1v) is 11.8. The molecule has 2 aromatic heterocycles. The van der Waals surface area contributed by atoms with E-state index in [4.69, 9.17) is 9.47 Å².